The topological polar surface area (TPSA) is 83.0 Å². The minimum atomic E-state index is -0.476. The van der Waals surface area contributed by atoms with Gasteiger partial charge in [-0.05, 0) is 57.0 Å². The van der Waals surface area contributed by atoms with Gasteiger partial charge in [-0.3, -0.25) is 14.2 Å². The Morgan fingerprint density at radius 3 is 2.79 bits per heavy atom. The summed E-state index contributed by atoms with van der Waals surface area (Å²) in [5.41, 5.74) is 10.1. The number of aryl methyl sites for hydroxylation is 1. The van der Waals surface area contributed by atoms with Crippen molar-refractivity contribution >= 4 is 17.4 Å². The number of carbonyl (C=O) groups excluding carboxylic acids is 1. The van der Waals surface area contributed by atoms with Crippen molar-refractivity contribution in [3.63, 3.8) is 0 Å². The number of amides is 1. The molecule has 34 heavy (non-hydrogen) atoms. The van der Waals surface area contributed by atoms with Crippen LogP contribution in [0.1, 0.15) is 53.2 Å². The number of fused-ring (bicyclic) bond motifs is 2. The Morgan fingerprint density at radius 2 is 2.03 bits per heavy atom. The molecule has 4 heterocycles. The molecule has 2 N–H and O–H groups in total. The molecule has 1 aliphatic carbocycles. The molecule has 3 aromatic heterocycles. The molecule has 8 nitrogen and oxygen atoms in total. The van der Waals surface area contributed by atoms with E-state index < -0.39 is 5.91 Å². The number of piperazine rings is 1. The molecule has 3 aromatic rings. The normalized spacial score (nSPS) is 18.3. The van der Waals surface area contributed by atoms with E-state index in [2.05, 4.69) is 44.8 Å². The van der Waals surface area contributed by atoms with Crippen LogP contribution in [0.4, 0.5) is 5.82 Å². The Labute approximate surface area is 200 Å². The molecular formula is C26H31N7O. The maximum absolute atomic E-state index is 12.8. The molecule has 1 saturated heterocycles. The van der Waals surface area contributed by atoms with Crippen LogP contribution in [0.15, 0.2) is 36.5 Å². The fourth-order valence-electron chi connectivity index (χ4n) is 5.19. The van der Waals surface area contributed by atoms with Gasteiger partial charge in [-0.25, -0.2) is 4.98 Å². The summed E-state index contributed by atoms with van der Waals surface area (Å²) in [5, 5.41) is 0. The largest absolute Gasteiger partial charge is 0.364 e. The third-order valence-corrected chi connectivity index (χ3v) is 6.87. The Morgan fingerprint density at radius 1 is 1.21 bits per heavy atom. The summed E-state index contributed by atoms with van der Waals surface area (Å²) in [5.74, 6) is 3.53. The number of nitrogens with two attached hydrogens (primary N) is 1. The van der Waals surface area contributed by atoms with Gasteiger partial charge in [-0.1, -0.05) is 18.1 Å². The number of nitrogens with zero attached hydrogens (tertiary/aromatic N) is 6. The van der Waals surface area contributed by atoms with Crippen LogP contribution >= 0.6 is 0 Å². The van der Waals surface area contributed by atoms with E-state index in [4.69, 9.17) is 10.7 Å². The second-order valence-electron chi connectivity index (χ2n) is 9.08. The summed E-state index contributed by atoms with van der Waals surface area (Å²) < 4.78 is 1.92. The summed E-state index contributed by atoms with van der Waals surface area (Å²) in [4.78, 5) is 29.0. The van der Waals surface area contributed by atoms with Gasteiger partial charge in [-0.2, -0.15) is 0 Å². The SMILES string of the molecule is CC#CN(Cc1nc2cccc(N3CCN(C)CC3)n2c1C(N)=O)[C@H]1CCCc2cccnc21. The van der Waals surface area contributed by atoms with Crippen molar-refractivity contribution in [3.8, 4) is 12.0 Å². The number of likely N-dealkylation sites (N-methyl/N-ethyl adjacent to an activating group) is 1. The van der Waals surface area contributed by atoms with Crippen molar-refractivity contribution in [2.45, 2.75) is 38.8 Å². The number of primary amides is 1. The highest BCUT2D eigenvalue weighted by Gasteiger charge is 2.29. The molecule has 0 bridgehead atoms. The van der Waals surface area contributed by atoms with Gasteiger partial charge >= 0.3 is 0 Å². The van der Waals surface area contributed by atoms with Crippen LogP contribution in [-0.4, -0.2) is 63.3 Å². The maximum Gasteiger partial charge on any atom is 0.267 e. The Bertz CT molecular complexity index is 1260. The summed E-state index contributed by atoms with van der Waals surface area (Å²) in [6, 6.07) is 13.4. The summed E-state index contributed by atoms with van der Waals surface area (Å²) >= 11 is 0. The lowest BCUT2D eigenvalue weighted by atomic mass is 9.91. The molecule has 0 aromatic carbocycles. The zero-order valence-corrected chi connectivity index (χ0v) is 19.9. The smallest absolute Gasteiger partial charge is 0.267 e. The number of hydrogen-bond donors (Lipinski definition) is 1. The minimum Gasteiger partial charge on any atom is -0.364 e. The molecule has 0 saturated carbocycles. The van der Waals surface area contributed by atoms with Crippen molar-refractivity contribution in [2.24, 2.45) is 5.73 Å². The van der Waals surface area contributed by atoms with Gasteiger partial charge in [-0.15, -0.1) is 0 Å². The van der Waals surface area contributed by atoms with Crippen molar-refractivity contribution in [1.82, 2.24) is 24.2 Å². The standard InChI is InChI=1S/C26H31N7O/c1-3-13-32(21-9-4-7-19-8-6-12-28-24(19)21)18-20-25(26(27)34)33-22(29-20)10-5-11-23(33)31-16-14-30(2)15-17-31/h5-6,8,10-12,21H,4,7,9,14-18H2,1-2H3,(H2,27,34)/t21-/m0/s1. The van der Waals surface area contributed by atoms with Crippen LogP contribution in [0, 0.1) is 12.0 Å². The minimum absolute atomic E-state index is 0.0556. The molecule has 176 valence electrons. The van der Waals surface area contributed by atoms with Gasteiger partial charge in [0, 0.05) is 38.4 Å². The molecule has 0 radical (unpaired) electrons. The third-order valence-electron chi connectivity index (χ3n) is 6.87. The molecule has 2 aliphatic rings. The quantitative estimate of drug-likeness (QED) is 0.468. The van der Waals surface area contributed by atoms with Gasteiger partial charge in [0.25, 0.3) is 5.91 Å². The van der Waals surface area contributed by atoms with Crippen LogP contribution in [0.2, 0.25) is 0 Å². The number of hydrogen-bond acceptors (Lipinski definition) is 6. The van der Waals surface area contributed by atoms with E-state index in [0.29, 0.717) is 17.9 Å². The predicted molar refractivity (Wildman–Crippen MR) is 132 cm³/mol. The second-order valence-corrected chi connectivity index (χ2v) is 9.08. The molecule has 5 rings (SSSR count). The lowest BCUT2D eigenvalue weighted by Crippen LogP contribution is -2.45. The molecule has 1 amide bonds. The van der Waals surface area contributed by atoms with E-state index in [0.717, 1.165) is 62.6 Å². The van der Waals surface area contributed by atoms with Crippen LogP contribution in [-0.2, 0) is 13.0 Å². The summed E-state index contributed by atoms with van der Waals surface area (Å²) in [6.45, 7) is 5.96. The molecular weight excluding hydrogens is 426 g/mol. The first-order valence-corrected chi connectivity index (χ1v) is 11.9. The van der Waals surface area contributed by atoms with Crippen molar-refractivity contribution in [3.05, 3.63) is 59.2 Å². The van der Waals surface area contributed by atoms with Gasteiger partial charge < -0.3 is 20.4 Å². The Balaban J connectivity index is 1.55. The third kappa shape index (κ3) is 4.08. The number of anilines is 1. The molecule has 0 unspecified atom stereocenters. The molecule has 1 fully saturated rings. The predicted octanol–water partition coefficient (Wildman–Crippen LogP) is 2.44. The number of aromatic nitrogens is 3. The summed E-state index contributed by atoms with van der Waals surface area (Å²) in [6.07, 6.45) is 4.91. The van der Waals surface area contributed by atoms with E-state index in [1.165, 1.54) is 5.56 Å². The van der Waals surface area contributed by atoms with Crippen LogP contribution in [0.5, 0.6) is 0 Å². The van der Waals surface area contributed by atoms with Gasteiger partial charge in [0.05, 0.1) is 24.0 Å². The lowest BCUT2D eigenvalue weighted by molar-refractivity contribution is 0.0992. The monoisotopic (exact) mass is 457 g/mol. The summed E-state index contributed by atoms with van der Waals surface area (Å²) in [7, 11) is 2.13. The first kappa shape index (κ1) is 22.2. The zero-order valence-electron chi connectivity index (χ0n) is 19.9. The Hall–Kier alpha value is -3.57. The maximum atomic E-state index is 12.8. The average molecular weight is 458 g/mol. The number of pyridine rings is 2. The molecule has 1 aliphatic heterocycles. The van der Waals surface area contributed by atoms with Crippen molar-refractivity contribution in [1.29, 1.82) is 0 Å². The Kier molecular flexibility index (Phi) is 6.12. The van der Waals surface area contributed by atoms with E-state index >= 15 is 0 Å². The molecule has 0 spiro atoms. The number of imidazole rings is 1. The van der Waals surface area contributed by atoms with E-state index in [-0.39, 0.29) is 6.04 Å². The van der Waals surface area contributed by atoms with E-state index in [1.807, 2.05) is 41.8 Å². The molecule has 1 atom stereocenters. The fourth-order valence-corrected chi connectivity index (χ4v) is 5.19. The second kappa shape index (κ2) is 9.35. The van der Waals surface area contributed by atoms with Crippen molar-refractivity contribution in [2.75, 3.05) is 38.1 Å². The van der Waals surface area contributed by atoms with Crippen LogP contribution in [0.3, 0.4) is 0 Å². The van der Waals surface area contributed by atoms with Gasteiger partial charge in [0.15, 0.2) is 0 Å². The fraction of sp³-hybridized carbons (Fsp3) is 0.423. The highest BCUT2D eigenvalue weighted by Crippen LogP contribution is 2.34. The van der Waals surface area contributed by atoms with Crippen molar-refractivity contribution < 1.29 is 4.79 Å². The van der Waals surface area contributed by atoms with Gasteiger partial charge in [0.2, 0.25) is 0 Å². The average Bonchev–Trinajstić information content (AvgIpc) is 3.22. The van der Waals surface area contributed by atoms with Crippen LogP contribution < -0.4 is 10.6 Å². The number of carbonyl (C=O) groups is 1. The molecule has 8 heteroatoms. The first-order valence-electron chi connectivity index (χ1n) is 11.9. The van der Waals surface area contributed by atoms with E-state index in [1.54, 1.807) is 0 Å². The number of rotatable bonds is 5. The van der Waals surface area contributed by atoms with E-state index in [9.17, 15) is 4.79 Å². The zero-order chi connectivity index (χ0) is 23.7. The lowest BCUT2D eigenvalue weighted by Gasteiger charge is -2.34. The highest BCUT2D eigenvalue weighted by atomic mass is 16.1. The van der Waals surface area contributed by atoms with Crippen LogP contribution in [0.25, 0.3) is 5.65 Å². The highest BCUT2D eigenvalue weighted by molar-refractivity contribution is 5.94. The first-order chi connectivity index (χ1) is 16.6. The van der Waals surface area contributed by atoms with Gasteiger partial charge in [0.1, 0.15) is 17.2 Å².